The van der Waals surface area contributed by atoms with Crippen LogP contribution in [0.4, 0.5) is 11.4 Å². The molecule has 6 heteroatoms. The molecule has 3 rings (SSSR count). The number of hydrogen-bond donors (Lipinski definition) is 1. The smallest absolute Gasteiger partial charge is 0.262 e. The van der Waals surface area contributed by atoms with Crippen molar-refractivity contribution in [3.05, 3.63) is 53.6 Å². The zero-order valence-corrected chi connectivity index (χ0v) is 14.6. The summed E-state index contributed by atoms with van der Waals surface area (Å²) in [6, 6.07) is 12.3. The fourth-order valence-corrected chi connectivity index (χ4v) is 4.25. The highest BCUT2D eigenvalue weighted by atomic mass is 32.2. The lowest BCUT2D eigenvalue weighted by Gasteiger charge is -2.17. The van der Waals surface area contributed by atoms with Crippen LogP contribution in [0.2, 0.25) is 0 Å². The normalized spacial score (nSPS) is 14.9. The van der Waals surface area contributed by atoms with Gasteiger partial charge in [-0.3, -0.25) is 9.52 Å². The molecule has 5 nitrogen and oxygen atoms in total. The van der Waals surface area contributed by atoms with Crippen LogP contribution in [0.25, 0.3) is 0 Å². The fraction of sp³-hybridized carbons (Fsp3) is 0.278. The summed E-state index contributed by atoms with van der Waals surface area (Å²) in [7, 11) is -3.67. The van der Waals surface area contributed by atoms with Crippen LogP contribution in [0.15, 0.2) is 47.4 Å². The fourth-order valence-electron chi connectivity index (χ4n) is 2.87. The van der Waals surface area contributed by atoms with Gasteiger partial charge in [0.1, 0.15) is 0 Å². The van der Waals surface area contributed by atoms with E-state index in [1.165, 1.54) is 0 Å². The maximum atomic E-state index is 12.7. The second-order valence-electron chi connectivity index (χ2n) is 6.07. The van der Waals surface area contributed by atoms with Crippen LogP contribution in [0.3, 0.4) is 0 Å². The Balaban J connectivity index is 1.90. The van der Waals surface area contributed by atoms with Crippen LogP contribution in [0, 0.1) is 13.8 Å². The van der Waals surface area contributed by atoms with Crippen LogP contribution >= 0.6 is 0 Å². The molecule has 0 aliphatic carbocycles. The molecule has 1 N–H and O–H groups in total. The number of anilines is 2. The van der Waals surface area contributed by atoms with Gasteiger partial charge in [0.25, 0.3) is 10.0 Å². The number of rotatable bonds is 4. The highest BCUT2D eigenvalue weighted by Crippen LogP contribution is 2.26. The minimum absolute atomic E-state index is 0.0736. The van der Waals surface area contributed by atoms with E-state index in [9.17, 15) is 13.2 Å². The van der Waals surface area contributed by atoms with Crippen LogP contribution < -0.4 is 9.62 Å². The Kier molecular flexibility index (Phi) is 4.32. The van der Waals surface area contributed by atoms with E-state index in [1.54, 1.807) is 42.2 Å². The number of nitrogens with zero attached hydrogens (tertiary/aromatic N) is 1. The number of carbonyl (C=O) groups excluding carboxylic acids is 1. The molecular formula is C18H20N2O3S. The second kappa shape index (κ2) is 6.28. The third-order valence-electron chi connectivity index (χ3n) is 4.12. The first-order valence-corrected chi connectivity index (χ1v) is 9.36. The number of sulfonamides is 1. The molecule has 1 heterocycles. The first kappa shape index (κ1) is 16.5. The molecule has 2 aromatic rings. The molecule has 0 atom stereocenters. The van der Waals surface area contributed by atoms with Crippen molar-refractivity contribution in [1.82, 2.24) is 0 Å². The number of carbonyl (C=O) groups is 1. The molecule has 1 aliphatic rings. The third kappa shape index (κ3) is 3.28. The maximum Gasteiger partial charge on any atom is 0.262 e. The lowest BCUT2D eigenvalue weighted by atomic mass is 10.2. The highest BCUT2D eigenvalue weighted by molar-refractivity contribution is 7.92. The molecule has 126 valence electrons. The SMILES string of the molecule is Cc1ccc(C)c(S(=O)(=O)Nc2cccc(N3CCCC3=O)c2)c1. The van der Waals surface area contributed by atoms with Gasteiger partial charge in [0, 0.05) is 18.7 Å². The Morgan fingerprint density at radius 1 is 1.08 bits per heavy atom. The molecule has 0 bridgehead atoms. The van der Waals surface area contributed by atoms with E-state index in [4.69, 9.17) is 0 Å². The van der Waals surface area contributed by atoms with Gasteiger partial charge < -0.3 is 4.90 Å². The van der Waals surface area contributed by atoms with Gasteiger partial charge in [-0.15, -0.1) is 0 Å². The zero-order chi connectivity index (χ0) is 17.3. The van der Waals surface area contributed by atoms with Crippen LogP contribution in [0.5, 0.6) is 0 Å². The predicted octanol–water partition coefficient (Wildman–Crippen LogP) is 3.23. The molecule has 2 aromatic carbocycles. The number of hydrogen-bond acceptors (Lipinski definition) is 3. The average Bonchev–Trinajstić information content (AvgIpc) is 2.95. The molecular weight excluding hydrogens is 324 g/mol. The van der Waals surface area contributed by atoms with E-state index in [0.717, 1.165) is 17.7 Å². The Hall–Kier alpha value is -2.34. The van der Waals surface area contributed by atoms with E-state index in [1.807, 2.05) is 19.1 Å². The van der Waals surface area contributed by atoms with Gasteiger partial charge in [0.2, 0.25) is 5.91 Å². The van der Waals surface area contributed by atoms with Gasteiger partial charge in [-0.1, -0.05) is 18.2 Å². The molecule has 24 heavy (non-hydrogen) atoms. The summed E-state index contributed by atoms with van der Waals surface area (Å²) in [5.74, 6) is 0.0736. The van der Waals surface area contributed by atoms with E-state index in [0.29, 0.717) is 24.2 Å². The molecule has 1 aliphatic heterocycles. The Morgan fingerprint density at radius 3 is 2.58 bits per heavy atom. The molecule has 0 radical (unpaired) electrons. The van der Waals surface area contributed by atoms with Crippen molar-refractivity contribution in [2.24, 2.45) is 0 Å². The number of benzene rings is 2. The van der Waals surface area contributed by atoms with E-state index < -0.39 is 10.0 Å². The molecule has 1 fully saturated rings. The van der Waals surface area contributed by atoms with Crippen molar-refractivity contribution >= 4 is 27.3 Å². The van der Waals surface area contributed by atoms with E-state index >= 15 is 0 Å². The Morgan fingerprint density at radius 2 is 1.88 bits per heavy atom. The molecule has 0 saturated carbocycles. The minimum atomic E-state index is -3.67. The van der Waals surface area contributed by atoms with Crippen molar-refractivity contribution < 1.29 is 13.2 Å². The predicted molar refractivity (Wildman–Crippen MR) is 94.8 cm³/mol. The summed E-state index contributed by atoms with van der Waals surface area (Å²) in [6.07, 6.45) is 1.37. The Bertz CT molecular complexity index is 891. The summed E-state index contributed by atoms with van der Waals surface area (Å²) in [4.78, 5) is 13.8. The first-order valence-electron chi connectivity index (χ1n) is 7.87. The quantitative estimate of drug-likeness (QED) is 0.926. The van der Waals surface area contributed by atoms with Gasteiger partial charge in [0.15, 0.2) is 0 Å². The van der Waals surface area contributed by atoms with Crippen molar-refractivity contribution in [3.8, 4) is 0 Å². The van der Waals surface area contributed by atoms with E-state index in [-0.39, 0.29) is 10.8 Å². The minimum Gasteiger partial charge on any atom is -0.312 e. The monoisotopic (exact) mass is 344 g/mol. The van der Waals surface area contributed by atoms with Crippen LogP contribution in [0.1, 0.15) is 24.0 Å². The zero-order valence-electron chi connectivity index (χ0n) is 13.7. The van der Waals surface area contributed by atoms with Gasteiger partial charge in [0.05, 0.1) is 10.6 Å². The van der Waals surface area contributed by atoms with Gasteiger partial charge in [-0.2, -0.15) is 0 Å². The molecule has 1 amide bonds. The average molecular weight is 344 g/mol. The maximum absolute atomic E-state index is 12.7. The lowest BCUT2D eigenvalue weighted by molar-refractivity contribution is -0.117. The topological polar surface area (TPSA) is 66.5 Å². The van der Waals surface area contributed by atoms with Crippen molar-refractivity contribution in [2.45, 2.75) is 31.6 Å². The summed E-state index contributed by atoms with van der Waals surface area (Å²) in [5, 5.41) is 0. The summed E-state index contributed by atoms with van der Waals surface area (Å²) in [6.45, 7) is 4.30. The second-order valence-corrected chi connectivity index (χ2v) is 7.72. The molecule has 0 aromatic heterocycles. The standard InChI is InChI=1S/C18H20N2O3S/c1-13-8-9-14(2)17(11-13)24(22,23)19-15-5-3-6-16(12-15)20-10-4-7-18(20)21/h3,5-6,8-9,11-12,19H,4,7,10H2,1-2H3. The van der Waals surface area contributed by atoms with Crippen molar-refractivity contribution in [3.63, 3.8) is 0 Å². The van der Waals surface area contributed by atoms with Gasteiger partial charge in [-0.05, 0) is 55.7 Å². The number of aryl methyl sites for hydroxylation is 2. The first-order chi connectivity index (χ1) is 11.4. The van der Waals surface area contributed by atoms with Crippen LogP contribution in [-0.4, -0.2) is 20.9 Å². The number of nitrogens with one attached hydrogen (secondary N) is 1. The van der Waals surface area contributed by atoms with Gasteiger partial charge >= 0.3 is 0 Å². The van der Waals surface area contributed by atoms with Crippen molar-refractivity contribution in [1.29, 1.82) is 0 Å². The van der Waals surface area contributed by atoms with Crippen LogP contribution in [-0.2, 0) is 14.8 Å². The summed E-state index contributed by atoms with van der Waals surface area (Å²) < 4.78 is 28.0. The van der Waals surface area contributed by atoms with Crippen molar-refractivity contribution in [2.75, 3.05) is 16.2 Å². The van der Waals surface area contributed by atoms with Gasteiger partial charge in [-0.25, -0.2) is 8.42 Å². The Labute approximate surface area is 142 Å². The highest BCUT2D eigenvalue weighted by Gasteiger charge is 2.22. The molecule has 1 saturated heterocycles. The molecule has 0 unspecified atom stereocenters. The largest absolute Gasteiger partial charge is 0.312 e. The third-order valence-corrected chi connectivity index (χ3v) is 5.64. The lowest BCUT2D eigenvalue weighted by Crippen LogP contribution is -2.23. The summed E-state index contributed by atoms with van der Waals surface area (Å²) >= 11 is 0. The molecule has 0 spiro atoms. The number of amides is 1. The van der Waals surface area contributed by atoms with E-state index in [2.05, 4.69) is 4.72 Å². The summed E-state index contributed by atoms with van der Waals surface area (Å²) in [5.41, 5.74) is 2.75.